The van der Waals surface area contributed by atoms with Crippen molar-refractivity contribution >= 4 is 11.5 Å². The quantitative estimate of drug-likeness (QED) is 0.450. The lowest BCUT2D eigenvalue weighted by Gasteiger charge is -2.02. The minimum Gasteiger partial charge on any atom is -0.399 e. The maximum atomic E-state index is 11.5. The Morgan fingerprint density at radius 3 is 2.88 bits per heavy atom. The SMILES string of the molecule is C#CCCCC(=O)CCc1cccc(N)c1. The van der Waals surface area contributed by atoms with Crippen LogP contribution in [-0.4, -0.2) is 5.78 Å². The summed E-state index contributed by atoms with van der Waals surface area (Å²) in [7, 11) is 0. The van der Waals surface area contributed by atoms with Crippen LogP contribution in [0.25, 0.3) is 0 Å². The zero-order valence-electron chi connectivity index (χ0n) is 9.41. The van der Waals surface area contributed by atoms with Crippen molar-refractivity contribution in [2.75, 3.05) is 5.73 Å². The fourth-order valence-corrected chi connectivity index (χ4v) is 1.55. The van der Waals surface area contributed by atoms with Crippen molar-refractivity contribution in [2.24, 2.45) is 0 Å². The van der Waals surface area contributed by atoms with E-state index in [9.17, 15) is 4.79 Å². The molecule has 1 aromatic carbocycles. The van der Waals surface area contributed by atoms with Crippen molar-refractivity contribution in [3.63, 3.8) is 0 Å². The second kappa shape index (κ2) is 6.68. The van der Waals surface area contributed by atoms with Gasteiger partial charge in [0.05, 0.1) is 0 Å². The van der Waals surface area contributed by atoms with Crippen LogP contribution >= 0.6 is 0 Å². The number of hydrogen-bond donors (Lipinski definition) is 1. The fourth-order valence-electron chi connectivity index (χ4n) is 1.55. The van der Waals surface area contributed by atoms with Gasteiger partial charge in [-0.25, -0.2) is 0 Å². The Morgan fingerprint density at radius 2 is 2.19 bits per heavy atom. The minimum absolute atomic E-state index is 0.276. The van der Waals surface area contributed by atoms with Gasteiger partial charge < -0.3 is 5.73 Å². The molecule has 0 heterocycles. The molecule has 0 aliphatic carbocycles. The molecule has 0 aliphatic heterocycles. The standard InChI is InChI=1S/C14H17NO/c1-2-3-4-8-14(16)10-9-12-6-5-7-13(15)11-12/h1,5-7,11H,3-4,8-10,15H2. The van der Waals surface area contributed by atoms with Gasteiger partial charge in [0.2, 0.25) is 0 Å². The van der Waals surface area contributed by atoms with Gasteiger partial charge in [0.1, 0.15) is 5.78 Å². The van der Waals surface area contributed by atoms with Gasteiger partial charge in [-0.2, -0.15) is 0 Å². The van der Waals surface area contributed by atoms with E-state index in [4.69, 9.17) is 12.2 Å². The molecule has 0 fully saturated rings. The van der Waals surface area contributed by atoms with Crippen LogP contribution in [0.1, 0.15) is 31.2 Å². The van der Waals surface area contributed by atoms with Crippen LogP contribution in [0, 0.1) is 12.3 Å². The lowest BCUT2D eigenvalue weighted by Crippen LogP contribution is -2.00. The molecule has 0 saturated carbocycles. The molecule has 2 N–H and O–H groups in total. The molecule has 0 atom stereocenters. The number of ketones is 1. The zero-order valence-corrected chi connectivity index (χ0v) is 9.41. The highest BCUT2D eigenvalue weighted by atomic mass is 16.1. The Morgan fingerprint density at radius 1 is 1.38 bits per heavy atom. The summed E-state index contributed by atoms with van der Waals surface area (Å²) in [5.74, 6) is 2.81. The Labute approximate surface area is 96.9 Å². The second-order valence-corrected chi connectivity index (χ2v) is 3.84. The van der Waals surface area contributed by atoms with E-state index in [2.05, 4.69) is 5.92 Å². The van der Waals surface area contributed by atoms with Crippen molar-refractivity contribution in [3.8, 4) is 12.3 Å². The fraction of sp³-hybridized carbons (Fsp3) is 0.357. The van der Waals surface area contributed by atoms with Crippen LogP contribution in [0.15, 0.2) is 24.3 Å². The van der Waals surface area contributed by atoms with E-state index >= 15 is 0 Å². The van der Waals surface area contributed by atoms with Gasteiger partial charge in [0.25, 0.3) is 0 Å². The summed E-state index contributed by atoms with van der Waals surface area (Å²) in [4.78, 5) is 11.5. The van der Waals surface area contributed by atoms with E-state index in [0.29, 0.717) is 19.3 Å². The van der Waals surface area contributed by atoms with Crippen molar-refractivity contribution in [1.82, 2.24) is 0 Å². The third-order valence-electron chi connectivity index (χ3n) is 2.42. The van der Waals surface area contributed by atoms with E-state index in [1.807, 2.05) is 24.3 Å². The normalized spacial score (nSPS) is 9.69. The number of rotatable bonds is 6. The van der Waals surface area contributed by atoms with Crippen LogP contribution in [0.2, 0.25) is 0 Å². The number of carbonyl (C=O) groups excluding carboxylic acids is 1. The maximum Gasteiger partial charge on any atom is 0.133 e. The van der Waals surface area contributed by atoms with Gasteiger partial charge in [0.15, 0.2) is 0 Å². The highest BCUT2D eigenvalue weighted by molar-refractivity contribution is 5.78. The largest absolute Gasteiger partial charge is 0.399 e. The highest BCUT2D eigenvalue weighted by Crippen LogP contribution is 2.10. The van der Waals surface area contributed by atoms with E-state index in [1.165, 1.54) is 0 Å². The number of benzene rings is 1. The Kier molecular flexibility index (Phi) is 5.15. The molecule has 0 bridgehead atoms. The number of unbranched alkanes of at least 4 members (excludes halogenated alkanes) is 1. The Balaban J connectivity index is 2.29. The molecule has 2 nitrogen and oxygen atoms in total. The molecule has 0 amide bonds. The maximum absolute atomic E-state index is 11.5. The molecule has 84 valence electrons. The number of carbonyl (C=O) groups is 1. The monoisotopic (exact) mass is 215 g/mol. The smallest absolute Gasteiger partial charge is 0.133 e. The number of terminal acetylenes is 1. The molecule has 2 heteroatoms. The summed E-state index contributed by atoms with van der Waals surface area (Å²) in [5, 5.41) is 0. The minimum atomic E-state index is 0.276. The molecular formula is C14H17NO. The lowest BCUT2D eigenvalue weighted by molar-refractivity contribution is -0.119. The number of hydrogen-bond acceptors (Lipinski definition) is 2. The summed E-state index contributed by atoms with van der Waals surface area (Å²) in [6.07, 6.45) is 8.53. The van der Waals surface area contributed by atoms with Crippen LogP contribution in [0.5, 0.6) is 0 Å². The Hall–Kier alpha value is -1.75. The molecule has 0 saturated heterocycles. The van der Waals surface area contributed by atoms with E-state index in [-0.39, 0.29) is 5.78 Å². The summed E-state index contributed by atoms with van der Waals surface area (Å²) in [5.41, 5.74) is 7.52. The molecule has 0 aromatic heterocycles. The number of Topliss-reactive ketones (excluding diaryl/α,β-unsaturated/α-hetero) is 1. The summed E-state index contributed by atoms with van der Waals surface area (Å²) < 4.78 is 0. The first-order valence-corrected chi connectivity index (χ1v) is 5.52. The first-order chi connectivity index (χ1) is 7.72. The summed E-state index contributed by atoms with van der Waals surface area (Å²) in [6.45, 7) is 0. The van der Waals surface area contributed by atoms with E-state index < -0.39 is 0 Å². The molecule has 16 heavy (non-hydrogen) atoms. The number of nitrogen functional groups attached to an aromatic ring is 1. The van der Waals surface area contributed by atoms with Crippen LogP contribution in [0.4, 0.5) is 5.69 Å². The summed E-state index contributed by atoms with van der Waals surface area (Å²) >= 11 is 0. The Bertz CT molecular complexity index is 390. The highest BCUT2D eigenvalue weighted by Gasteiger charge is 2.02. The first kappa shape index (κ1) is 12.3. The van der Waals surface area contributed by atoms with E-state index in [0.717, 1.165) is 24.1 Å². The van der Waals surface area contributed by atoms with Crippen molar-refractivity contribution in [2.45, 2.75) is 32.1 Å². The molecule has 0 aliphatic rings. The average Bonchev–Trinajstić information content (AvgIpc) is 2.27. The van der Waals surface area contributed by atoms with Crippen molar-refractivity contribution in [3.05, 3.63) is 29.8 Å². The first-order valence-electron chi connectivity index (χ1n) is 5.52. The van der Waals surface area contributed by atoms with Gasteiger partial charge in [-0.15, -0.1) is 12.3 Å². The van der Waals surface area contributed by atoms with Crippen LogP contribution in [0.3, 0.4) is 0 Å². The van der Waals surface area contributed by atoms with Gasteiger partial charge >= 0.3 is 0 Å². The van der Waals surface area contributed by atoms with Gasteiger partial charge in [-0.3, -0.25) is 4.79 Å². The van der Waals surface area contributed by atoms with Crippen molar-refractivity contribution in [1.29, 1.82) is 0 Å². The molecule has 0 spiro atoms. The average molecular weight is 215 g/mol. The van der Waals surface area contributed by atoms with Crippen molar-refractivity contribution < 1.29 is 4.79 Å². The molecule has 1 aromatic rings. The van der Waals surface area contributed by atoms with Crippen LogP contribution in [-0.2, 0) is 11.2 Å². The molecular weight excluding hydrogens is 198 g/mol. The van der Waals surface area contributed by atoms with Crippen LogP contribution < -0.4 is 5.73 Å². The molecule has 1 rings (SSSR count). The van der Waals surface area contributed by atoms with Gasteiger partial charge in [0, 0.05) is 24.9 Å². The second-order valence-electron chi connectivity index (χ2n) is 3.84. The van der Waals surface area contributed by atoms with Gasteiger partial charge in [-0.1, -0.05) is 12.1 Å². The topological polar surface area (TPSA) is 43.1 Å². The van der Waals surface area contributed by atoms with E-state index in [1.54, 1.807) is 0 Å². The summed E-state index contributed by atoms with van der Waals surface area (Å²) in [6, 6.07) is 7.66. The lowest BCUT2D eigenvalue weighted by atomic mass is 10.0. The predicted octanol–water partition coefficient (Wildman–Crippen LogP) is 2.57. The molecule has 0 radical (unpaired) electrons. The number of nitrogens with two attached hydrogens (primary N) is 1. The zero-order chi connectivity index (χ0) is 11.8. The third-order valence-corrected chi connectivity index (χ3v) is 2.42. The number of aryl methyl sites for hydroxylation is 1. The predicted molar refractivity (Wildman–Crippen MR) is 66.9 cm³/mol. The third kappa shape index (κ3) is 4.65. The molecule has 0 unspecified atom stereocenters. The van der Waals surface area contributed by atoms with Gasteiger partial charge in [-0.05, 0) is 30.5 Å². The number of anilines is 1.